The Morgan fingerprint density at radius 2 is 2.00 bits per heavy atom. The summed E-state index contributed by atoms with van der Waals surface area (Å²) < 4.78 is 5.86. The van der Waals surface area contributed by atoms with Gasteiger partial charge in [0.15, 0.2) is 0 Å². The van der Waals surface area contributed by atoms with E-state index in [-0.39, 0.29) is 0 Å². The first kappa shape index (κ1) is 13.5. The monoisotopic (exact) mass is 303 g/mol. The first-order valence-corrected chi connectivity index (χ1v) is 8.90. The van der Waals surface area contributed by atoms with Crippen LogP contribution < -0.4 is 0 Å². The van der Waals surface area contributed by atoms with Crippen molar-refractivity contribution >= 4 is 11.3 Å². The van der Waals surface area contributed by atoms with Crippen LogP contribution in [0, 0.1) is 0 Å². The van der Waals surface area contributed by atoms with Gasteiger partial charge in [-0.2, -0.15) is 11.3 Å². The molecule has 4 rings (SSSR count). The Balaban J connectivity index is 1.47. The zero-order chi connectivity index (χ0) is 14.1. The summed E-state index contributed by atoms with van der Waals surface area (Å²) in [4.78, 5) is 2.53. The molecule has 2 fully saturated rings. The second kappa shape index (κ2) is 5.89. The normalized spacial score (nSPS) is 19.7. The van der Waals surface area contributed by atoms with Gasteiger partial charge in [-0.05, 0) is 48.1 Å². The Bertz CT molecular complexity index is 570. The third-order valence-corrected chi connectivity index (χ3v) is 5.29. The molecule has 112 valence electrons. The molecule has 0 spiro atoms. The van der Waals surface area contributed by atoms with E-state index in [9.17, 15) is 0 Å². The molecule has 2 aromatic rings. The second-order valence-corrected chi connectivity index (χ2v) is 7.06. The highest BCUT2D eigenvalue weighted by Gasteiger charge is 2.30. The van der Waals surface area contributed by atoms with Gasteiger partial charge in [-0.1, -0.05) is 12.8 Å². The highest BCUT2D eigenvalue weighted by Crippen LogP contribution is 2.39. The van der Waals surface area contributed by atoms with E-state index in [1.54, 1.807) is 11.3 Å². The van der Waals surface area contributed by atoms with Crippen molar-refractivity contribution < 1.29 is 4.42 Å². The maximum Gasteiger partial charge on any atom is 0.230 e. The van der Waals surface area contributed by atoms with Gasteiger partial charge in [-0.25, -0.2) is 0 Å². The number of aromatic nitrogens is 2. The molecule has 0 unspecified atom stereocenters. The molecule has 2 aliphatic carbocycles. The van der Waals surface area contributed by atoms with Crippen LogP contribution >= 0.6 is 11.3 Å². The van der Waals surface area contributed by atoms with Gasteiger partial charge in [0.05, 0.1) is 6.54 Å². The second-order valence-electron chi connectivity index (χ2n) is 6.28. The van der Waals surface area contributed by atoms with Gasteiger partial charge in [-0.15, -0.1) is 10.2 Å². The van der Waals surface area contributed by atoms with Crippen molar-refractivity contribution in [1.29, 1.82) is 0 Å². The Hall–Kier alpha value is -1.20. The summed E-state index contributed by atoms with van der Waals surface area (Å²) in [6.07, 6.45) is 7.72. The maximum atomic E-state index is 5.86. The van der Waals surface area contributed by atoms with Crippen LogP contribution in [-0.2, 0) is 13.1 Å². The van der Waals surface area contributed by atoms with Crippen molar-refractivity contribution in [2.75, 3.05) is 0 Å². The lowest BCUT2D eigenvalue weighted by atomic mass is 10.2. The van der Waals surface area contributed by atoms with Crippen molar-refractivity contribution in [2.45, 2.75) is 63.6 Å². The molecular weight excluding hydrogens is 282 g/mol. The summed E-state index contributed by atoms with van der Waals surface area (Å²) in [6.45, 7) is 1.79. The van der Waals surface area contributed by atoms with Crippen LogP contribution in [0.1, 0.15) is 61.8 Å². The Morgan fingerprint density at radius 1 is 1.14 bits per heavy atom. The van der Waals surface area contributed by atoms with Crippen molar-refractivity contribution in [1.82, 2.24) is 15.1 Å². The number of nitrogens with zero attached hydrogens (tertiary/aromatic N) is 3. The van der Waals surface area contributed by atoms with Crippen molar-refractivity contribution in [2.24, 2.45) is 0 Å². The fourth-order valence-corrected chi connectivity index (χ4v) is 3.86. The van der Waals surface area contributed by atoms with Crippen molar-refractivity contribution in [3.8, 4) is 0 Å². The zero-order valence-electron chi connectivity index (χ0n) is 12.2. The molecule has 0 aromatic carbocycles. The molecule has 0 amide bonds. The molecule has 0 atom stereocenters. The van der Waals surface area contributed by atoms with Gasteiger partial charge >= 0.3 is 0 Å². The van der Waals surface area contributed by atoms with Crippen LogP contribution in [0.3, 0.4) is 0 Å². The fraction of sp³-hybridized carbons (Fsp3) is 0.625. The lowest BCUT2D eigenvalue weighted by Crippen LogP contribution is -2.32. The molecule has 0 saturated heterocycles. The van der Waals surface area contributed by atoms with Crippen LogP contribution in [0.25, 0.3) is 0 Å². The first-order valence-electron chi connectivity index (χ1n) is 7.96. The lowest BCUT2D eigenvalue weighted by Gasteiger charge is -2.27. The van der Waals surface area contributed by atoms with Gasteiger partial charge in [0.25, 0.3) is 0 Å². The van der Waals surface area contributed by atoms with Gasteiger partial charge in [-0.3, -0.25) is 4.90 Å². The van der Waals surface area contributed by atoms with Crippen LogP contribution in [0.5, 0.6) is 0 Å². The largest absolute Gasteiger partial charge is 0.424 e. The zero-order valence-corrected chi connectivity index (χ0v) is 13.0. The van der Waals surface area contributed by atoms with E-state index in [2.05, 4.69) is 31.9 Å². The molecule has 0 N–H and O–H groups in total. The highest BCUT2D eigenvalue weighted by atomic mass is 32.1. The lowest BCUT2D eigenvalue weighted by molar-refractivity contribution is 0.163. The molecule has 2 aliphatic rings. The molecule has 4 nitrogen and oxygen atoms in total. The van der Waals surface area contributed by atoms with Crippen LogP contribution in [-0.4, -0.2) is 21.1 Å². The Morgan fingerprint density at radius 3 is 2.71 bits per heavy atom. The van der Waals surface area contributed by atoms with Crippen LogP contribution in [0.15, 0.2) is 21.2 Å². The van der Waals surface area contributed by atoms with Crippen molar-refractivity contribution in [3.63, 3.8) is 0 Å². The topological polar surface area (TPSA) is 42.2 Å². The van der Waals surface area contributed by atoms with E-state index in [0.717, 1.165) is 24.9 Å². The predicted octanol–water partition coefficient (Wildman–Crippen LogP) is 3.95. The average molecular weight is 303 g/mol. The van der Waals surface area contributed by atoms with E-state index in [1.165, 1.54) is 44.1 Å². The van der Waals surface area contributed by atoms with Gasteiger partial charge in [0.1, 0.15) is 0 Å². The number of hydrogen-bond donors (Lipinski definition) is 0. The summed E-state index contributed by atoms with van der Waals surface area (Å²) >= 11 is 1.77. The minimum absolute atomic E-state index is 0.544. The van der Waals surface area contributed by atoms with Crippen molar-refractivity contribution in [3.05, 3.63) is 34.2 Å². The minimum Gasteiger partial charge on any atom is -0.424 e. The minimum atomic E-state index is 0.544. The Labute approximate surface area is 129 Å². The summed E-state index contributed by atoms with van der Waals surface area (Å²) in [5.74, 6) is 2.19. The molecule has 2 aromatic heterocycles. The van der Waals surface area contributed by atoms with E-state index in [4.69, 9.17) is 4.42 Å². The number of rotatable bonds is 6. The molecular formula is C16H21N3OS. The van der Waals surface area contributed by atoms with E-state index >= 15 is 0 Å². The van der Waals surface area contributed by atoms with Crippen LogP contribution in [0.4, 0.5) is 0 Å². The number of hydrogen-bond acceptors (Lipinski definition) is 5. The molecule has 2 saturated carbocycles. The SMILES string of the molecule is c1cc(CN(Cc2nnc(C3CC3)o2)C2CCCC2)cs1. The summed E-state index contributed by atoms with van der Waals surface area (Å²) in [5, 5.41) is 12.9. The third-order valence-electron chi connectivity index (χ3n) is 4.55. The summed E-state index contributed by atoms with van der Waals surface area (Å²) in [6, 6.07) is 2.89. The average Bonchev–Trinajstić information content (AvgIpc) is 2.94. The Kier molecular flexibility index (Phi) is 3.78. The first-order chi connectivity index (χ1) is 10.4. The molecule has 5 heteroatoms. The molecule has 21 heavy (non-hydrogen) atoms. The van der Waals surface area contributed by atoms with Crippen LogP contribution in [0.2, 0.25) is 0 Å². The van der Waals surface area contributed by atoms with E-state index < -0.39 is 0 Å². The van der Waals surface area contributed by atoms with E-state index in [1.807, 2.05) is 0 Å². The maximum absolute atomic E-state index is 5.86. The van der Waals surface area contributed by atoms with Gasteiger partial charge in [0.2, 0.25) is 11.8 Å². The van der Waals surface area contributed by atoms with Gasteiger partial charge in [0, 0.05) is 18.5 Å². The predicted molar refractivity (Wildman–Crippen MR) is 82.1 cm³/mol. The molecule has 0 aliphatic heterocycles. The van der Waals surface area contributed by atoms with Gasteiger partial charge < -0.3 is 4.42 Å². The molecule has 0 radical (unpaired) electrons. The standard InChI is InChI=1S/C16H21N3OS/c1-2-4-14(3-1)19(9-12-7-8-21-11-12)10-15-17-18-16(20-15)13-5-6-13/h7-8,11,13-14H,1-6,9-10H2. The summed E-state index contributed by atoms with van der Waals surface area (Å²) in [5.41, 5.74) is 1.40. The summed E-state index contributed by atoms with van der Waals surface area (Å²) in [7, 11) is 0. The molecule has 2 heterocycles. The smallest absolute Gasteiger partial charge is 0.230 e. The highest BCUT2D eigenvalue weighted by molar-refractivity contribution is 7.07. The van der Waals surface area contributed by atoms with E-state index in [0.29, 0.717) is 12.0 Å². The fourth-order valence-electron chi connectivity index (χ4n) is 3.20. The molecule has 0 bridgehead atoms. The quantitative estimate of drug-likeness (QED) is 0.810. The number of thiophene rings is 1. The third kappa shape index (κ3) is 3.19.